The molecule has 136 valence electrons. The van der Waals surface area contributed by atoms with Crippen molar-refractivity contribution in [1.82, 2.24) is 4.90 Å². The fourth-order valence-corrected chi connectivity index (χ4v) is 5.08. The van der Waals surface area contributed by atoms with E-state index in [1.165, 1.54) is 50.9 Å². The van der Waals surface area contributed by atoms with Crippen molar-refractivity contribution in [2.45, 2.75) is 50.9 Å². The third-order valence-electron chi connectivity index (χ3n) is 5.44. The van der Waals surface area contributed by atoms with Crippen molar-refractivity contribution in [2.24, 2.45) is 5.92 Å². The molecule has 0 aromatic heterocycles. The number of carbonyl (C=O) groups is 1. The van der Waals surface area contributed by atoms with E-state index >= 15 is 0 Å². The summed E-state index contributed by atoms with van der Waals surface area (Å²) in [5.74, 6) is 1.37. The quantitative estimate of drug-likeness (QED) is 0.467. The van der Waals surface area contributed by atoms with Crippen LogP contribution in [0.3, 0.4) is 0 Å². The summed E-state index contributed by atoms with van der Waals surface area (Å²) in [6, 6.07) is 10.4. The number of unbranched alkanes of at least 4 members (excludes halogenated alkanes) is 1. The van der Waals surface area contributed by atoms with Gasteiger partial charge in [-0.1, -0.05) is 54.2 Å². The lowest BCUT2D eigenvalue weighted by Crippen LogP contribution is -2.21. The van der Waals surface area contributed by atoms with Crippen molar-refractivity contribution < 1.29 is 4.79 Å². The molecule has 0 amide bonds. The topological polar surface area (TPSA) is 20.3 Å². The first-order chi connectivity index (χ1) is 12.3. The van der Waals surface area contributed by atoms with Gasteiger partial charge in [0.05, 0.1) is 5.92 Å². The lowest BCUT2D eigenvalue weighted by molar-refractivity contribution is -0.113. The van der Waals surface area contributed by atoms with Gasteiger partial charge in [-0.3, -0.25) is 4.79 Å². The van der Waals surface area contributed by atoms with Gasteiger partial charge in [-0.25, -0.2) is 0 Å². The summed E-state index contributed by atoms with van der Waals surface area (Å²) < 4.78 is 0. The predicted molar refractivity (Wildman–Crippen MR) is 108 cm³/mol. The summed E-state index contributed by atoms with van der Waals surface area (Å²) in [7, 11) is 0. The minimum Gasteiger partial charge on any atom is -0.303 e. The molecule has 2 nitrogen and oxygen atoms in total. The van der Waals surface area contributed by atoms with Crippen LogP contribution in [0, 0.1) is 5.92 Å². The Labute approximate surface area is 157 Å². The Hall–Kier alpha value is -1.06. The highest BCUT2D eigenvalue weighted by Crippen LogP contribution is 2.36. The van der Waals surface area contributed by atoms with Crippen LogP contribution in [0.25, 0.3) is 0 Å². The van der Waals surface area contributed by atoms with E-state index in [2.05, 4.69) is 41.3 Å². The third kappa shape index (κ3) is 5.72. The van der Waals surface area contributed by atoms with E-state index in [0.717, 1.165) is 25.0 Å². The molecule has 25 heavy (non-hydrogen) atoms. The summed E-state index contributed by atoms with van der Waals surface area (Å²) in [5, 5.41) is 0.365. The number of allylic oxidation sites excluding steroid dienone is 2. The standard InChI is InChI=1S/C22H31NOS/c24-22(25-18-10-9-17-23-15-7-8-16-23)21(19-11-3-1-4-12-19)20-13-5-2-6-14-20/h1,3-5,11-13,20-21H,2,6-10,14-18H2. The molecular formula is C22H31NOS. The maximum Gasteiger partial charge on any atom is 0.196 e. The van der Waals surface area contributed by atoms with E-state index in [1.807, 2.05) is 6.07 Å². The number of rotatable bonds is 8. The Bertz CT molecular complexity index is 550. The molecule has 1 aliphatic carbocycles. The lowest BCUT2D eigenvalue weighted by atomic mass is 9.81. The molecule has 1 heterocycles. The van der Waals surface area contributed by atoms with Crippen LogP contribution in [0.15, 0.2) is 42.5 Å². The van der Waals surface area contributed by atoms with Crippen LogP contribution in [-0.4, -0.2) is 35.4 Å². The van der Waals surface area contributed by atoms with E-state index in [1.54, 1.807) is 11.8 Å². The molecule has 0 radical (unpaired) electrons. The zero-order chi connectivity index (χ0) is 17.3. The number of hydrogen-bond donors (Lipinski definition) is 0. The second kappa shape index (κ2) is 10.2. The molecule has 1 aromatic carbocycles. The molecule has 0 saturated carbocycles. The number of hydrogen-bond acceptors (Lipinski definition) is 3. The number of thioether (sulfide) groups is 1. The Morgan fingerprint density at radius 2 is 1.92 bits per heavy atom. The maximum absolute atomic E-state index is 13.0. The van der Waals surface area contributed by atoms with Gasteiger partial charge < -0.3 is 4.90 Å². The molecule has 2 unspecified atom stereocenters. The van der Waals surface area contributed by atoms with Crippen LogP contribution in [0.2, 0.25) is 0 Å². The molecular weight excluding hydrogens is 326 g/mol. The predicted octanol–water partition coefficient (Wildman–Crippen LogP) is 5.26. The average Bonchev–Trinajstić information content (AvgIpc) is 3.17. The molecule has 1 fully saturated rings. The fourth-order valence-electron chi connectivity index (χ4n) is 4.04. The van der Waals surface area contributed by atoms with Crippen molar-refractivity contribution >= 4 is 16.9 Å². The highest BCUT2D eigenvalue weighted by Gasteiger charge is 2.29. The zero-order valence-corrected chi connectivity index (χ0v) is 16.1. The number of carbonyl (C=O) groups excluding carboxylic acids is 1. The van der Waals surface area contributed by atoms with Crippen LogP contribution in [-0.2, 0) is 4.79 Å². The zero-order valence-electron chi connectivity index (χ0n) is 15.2. The summed E-state index contributed by atoms with van der Waals surface area (Å²) in [4.78, 5) is 15.5. The van der Waals surface area contributed by atoms with Crippen LogP contribution in [0.1, 0.15) is 56.4 Å². The molecule has 1 aromatic rings. The molecule has 0 spiro atoms. The van der Waals surface area contributed by atoms with Crippen molar-refractivity contribution in [3.05, 3.63) is 48.0 Å². The summed E-state index contributed by atoms with van der Waals surface area (Å²) >= 11 is 1.56. The first kappa shape index (κ1) is 18.7. The third-order valence-corrected chi connectivity index (χ3v) is 6.48. The van der Waals surface area contributed by atoms with E-state index < -0.39 is 0 Å². The van der Waals surface area contributed by atoms with Gasteiger partial charge in [0, 0.05) is 5.75 Å². The van der Waals surface area contributed by atoms with Gasteiger partial charge in [-0.2, -0.15) is 0 Å². The normalized spacial score (nSPS) is 22.2. The van der Waals surface area contributed by atoms with Gasteiger partial charge in [0.1, 0.15) is 0 Å². The second-order valence-electron chi connectivity index (χ2n) is 7.33. The van der Waals surface area contributed by atoms with E-state index in [4.69, 9.17) is 0 Å². The highest BCUT2D eigenvalue weighted by molar-refractivity contribution is 8.13. The van der Waals surface area contributed by atoms with Crippen LogP contribution in [0.4, 0.5) is 0 Å². The van der Waals surface area contributed by atoms with E-state index in [0.29, 0.717) is 11.0 Å². The van der Waals surface area contributed by atoms with Gasteiger partial charge in [0.15, 0.2) is 5.12 Å². The number of nitrogens with zero attached hydrogens (tertiary/aromatic N) is 1. The minimum atomic E-state index is 0.0290. The number of likely N-dealkylation sites (tertiary alicyclic amines) is 1. The molecule has 1 saturated heterocycles. The van der Waals surface area contributed by atoms with Crippen molar-refractivity contribution in [1.29, 1.82) is 0 Å². The molecule has 3 rings (SSSR count). The van der Waals surface area contributed by atoms with Gasteiger partial charge in [-0.15, -0.1) is 0 Å². The second-order valence-corrected chi connectivity index (χ2v) is 8.43. The first-order valence-electron chi connectivity index (χ1n) is 9.95. The largest absolute Gasteiger partial charge is 0.303 e. The molecule has 2 aliphatic rings. The Morgan fingerprint density at radius 3 is 2.64 bits per heavy atom. The van der Waals surface area contributed by atoms with Crippen LogP contribution >= 0.6 is 11.8 Å². The SMILES string of the molecule is O=C(SCCCCN1CCCC1)C(c1ccccc1)C1C=CCCC1. The van der Waals surface area contributed by atoms with E-state index in [9.17, 15) is 4.79 Å². The molecule has 0 N–H and O–H groups in total. The lowest BCUT2D eigenvalue weighted by Gasteiger charge is -2.26. The molecule has 1 aliphatic heterocycles. The molecule has 3 heteroatoms. The Kier molecular flexibility index (Phi) is 7.62. The van der Waals surface area contributed by atoms with Crippen LogP contribution in [0.5, 0.6) is 0 Å². The Morgan fingerprint density at radius 1 is 1.12 bits per heavy atom. The molecule has 0 bridgehead atoms. The minimum absolute atomic E-state index is 0.0290. The van der Waals surface area contributed by atoms with Gasteiger partial charge in [0.2, 0.25) is 0 Å². The summed E-state index contributed by atoms with van der Waals surface area (Å²) in [6.07, 6.45) is 13.1. The smallest absolute Gasteiger partial charge is 0.196 e. The van der Waals surface area contributed by atoms with Gasteiger partial charge in [0.25, 0.3) is 0 Å². The highest BCUT2D eigenvalue weighted by atomic mass is 32.2. The monoisotopic (exact) mass is 357 g/mol. The summed E-state index contributed by atoms with van der Waals surface area (Å²) in [5.41, 5.74) is 1.19. The van der Waals surface area contributed by atoms with Crippen molar-refractivity contribution in [3.63, 3.8) is 0 Å². The van der Waals surface area contributed by atoms with Gasteiger partial charge in [-0.05, 0) is 76.1 Å². The molecule has 2 atom stereocenters. The maximum atomic E-state index is 13.0. The van der Waals surface area contributed by atoms with E-state index in [-0.39, 0.29) is 5.92 Å². The average molecular weight is 358 g/mol. The van der Waals surface area contributed by atoms with Crippen molar-refractivity contribution in [3.8, 4) is 0 Å². The van der Waals surface area contributed by atoms with Crippen LogP contribution < -0.4 is 0 Å². The Balaban J connectivity index is 1.50. The van der Waals surface area contributed by atoms with Crippen molar-refractivity contribution in [2.75, 3.05) is 25.4 Å². The number of benzene rings is 1. The fraction of sp³-hybridized carbons (Fsp3) is 0.591. The summed E-state index contributed by atoms with van der Waals surface area (Å²) in [6.45, 7) is 3.76. The van der Waals surface area contributed by atoms with Gasteiger partial charge >= 0.3 is 0 Å². The first-order valence-corrected chi connectivity index (χ1v) is 10.9.